The topological polar surface area (TPSA) is 35.0 Å². The predicted octanol–water partition coefficient (Wildman–Crippen LogP) is 6.18. The van der Waals surface area contributed by atoms with Crippen LogP contribution in [0, 0.1) is 0 Å². The van der Waals surface area contributed by atoms with Crippen LogP contribution in [0.1, 0.15) is 5.56 Å². The fourth-order valence-corrected chi connectivity index (χ4v) is 3.17. The standard InChI is InChI=1S/C21H14Cl2N2O/c22-15-10-11-16(18(23)12-15)20-24-19-9-5-4-8-17(19)21(25-20)26-13-14-6-2-1-3-7-14/h1-12H,13H2. The molecule has 0 aliphatic carbocycles. The van der Waals surface area contributed by atoms with Gasteiger partial charge < -0.3 is 4.74 Å². The molecule has 0 saturated heterocycles. The van der Waals surface area contributed by atoms with E-state index in [1.807, 2.05) is 60.7 Å². The Bertz CT molecular complexity index is 1070. The number of nitrogens with zero attached hydrogens (tertiary/aromatic N) is 2. The molecule has 1 aromatic heterocycles. The minimum atomic E-state index is 0.426. The van der Waals surface area contributed by atoms with Gasteiger partial charge >= 0.3 is 0 Å². The second-order valence-electron chi connectivity index (χ2n) is 5.77. The van der Waals surface area contributed by atoms with Crippen molar-refractivity contribution in [2.75, 3.05) is 0 Å². The molecule has 5 heteroatoms. The van der Waals surface area contributed by atoms with Gasteiger partial charge in [-0.05, 0) is 35.9 Å². The van der Waals surface area contributed by atoms with Crippen LogP contribution in [0.25, 0.3) is 22.3 Å². The first kappa shape index (κ1) is 16.8. The highest BCUT2D eigenvalue weighted by Gasteiger charge is 2.13. The minimum absolute atomic E-state index is 0.426. The Balaban J connectivity index is 1.78. The Labute approximate surface area is 161 Å². The SMILES string of the molecule is Clc1ccc(-c2nc(OCc3ccccc3)c3ccccc3n2)c(Cl)c1. The summed E-state index contributed by atoms with van der Waals surface area (Å²) < 4.78 is 6.01. The maximum Gasteiger partial charge on any atom is 0.225 e. The van der Waals surface area contributed by atoms with E-state index >= 15 is 0 Å². The molecule has 128 valence electrons. The van der Waals surface area contributed by atoms with Crippen LogP contribution in [-0.4, -0.2) is 9.97 Å². The number of hydrogen-bond donors (Lipinski definition) is 0. The minimum Gasteiger partial charge on any atom is -0.472 e. The molecule has 0 spiro atoms. The van der Waals surface area contributed by atoms with Gasteiger partial charge in [-0.15, -0.1) is 0 Å². The van der Waals surface area contributed by atoms with Gasteiger partial charge in [0.25, 0.3) is 0 Å². The zero-order valence-corrected chi connectivity index (χ0v) is 15.2. The summed E-state index contributed by atoms with van der Waals surface area (Å²) >= 11 is 12.3. The third-order valence-electron chi connectivity index (χ3n) is 3.96. The number of rotatable bonds is 4. The molecule has 0 fully saturated rings. The monoisotopic (exact) mass is 380 g/mol. The highest BCUT2D eigenvalue weighted by Crippen LogP contribution is 2.32. The van der Waals surface area contributed by atoms with Gasteiger partial charge in [-0.3, -0.25) is 0 Å². The number of hydrogen-bond acceptors (Lipinski definition) is 3. The highest BCUT2D eigenvalue weighted by atomic mass is 35.5. The van der Waals surface area contributed by atoms with Gasteiger partial charge in [0.15, 0.2) is 5.82 Å². The van der Waals surface area contributed by atoms with E-state index in [2.05, 4.69) is 9.97 Å². The van der Waals surface area contributed by atoms with Crippen molar-refractivity contribution < 1.29 is 4.74 Å². The van der Waals surface area contributed by atoms with Gasteiger partial charge in [0, 0.05) is 10.6 Å². The molecule has 0 saturated carbocycles. The third-order valence-corrected chi connectivity index (χ3v) is 4.51. The molecule has 0 aliphatic rings. The van der Waals surface area contributed by atoms with Crippen molar-refractivity contribution in [3.05, 3.63) is 88.4 Å². The number of para-hydroxylation sites is 1. The predicted molar refractivity (Wildman–Crippen MR) is 106 cm³/mol. The zero-order chi connectivity index (χ0) is 17.9. The second-order valence-corrected chi connectivity index (χ2v) is 6.61. The molecule has 3 nitrogen and oxygen atoms in total. The van der Waals surface area contributed by atoms with Gasteiger partial charge in [0.05, 0.1) is 15.9 Å². The van der Waals surface area contributed by atoms with E-state index in [1.165, 1.54) is 0 Å². The summed E-state index contributed by atoms with van der Waals surface area (Å²) in [6, 6.07) is 23.0. The van der Waals surface area contributed by atoms with E-state index in [0.717, 1.165) is 16.5 Å². The lowest BCUT2D eigenvalue weighted by Crippen LogP contribution is -2.01. The summed E-state index contributed by atoms with van der Waals surface area (Å²) in [5.41, 5.74) is 2.58. The van der Waals surface area contributed by atoms with E-state index in [-0.39, 0.29) is 0 Å². The lowest BCUT2D eigenvalue weighted by molar-refractivity contribution is 0.298. The molecule has 0 aliphatic heterocycles. The number of fused-ring (bicyclic) bond motifs is 1. The van der Waals surface area contributed by atoms with Crippen LogP contribution >= 0.6 is 23.2 Å². The number of halogens is 2. The van der Waals surface area contributed by atoms with Gasteiger partial charge in [0.2, 0.25) is 5.88 Å². The Morgan fingerprint density at radius 3 is 2.38 bits per heavy atom. The van der Waals surface area contributed by atoms with E-state index in [9.17, 15) is 0 Å². The average molecular weight is 381 g/mol. The van der Waals surface area contributed by atoms with Crippen LogP contribution in [-0.2, 0) is 6.61 Å². The normalized spacial score (nSPS) is 10.8. The van der Waals surface area contributed by atoms with Gasteiger partial charge in [-0.25, -0.2) is 4.98 Å². The lowest BCUT2D eigenvalue weighted by Gasteiger charge is -2.11. The van der Waals surface area contributed by atoms with Crippen molar-refractivity contribution in [3.63, 3.8) is 0 Å². The van der Waals surface area contributed by atoms with Crippen molar-refractivity contribution in [1.29, 1.82) is 0 Å². The van der Waals surface area contributed by atoms with Crippen molar-refractivity contribution in [2.45, 2.75) is 6.61 Å². The van der Waals surface area contributed by atoms with Crippen LogP contribution in [0.4, 0.5) is 0 Å². The summed E-state index contributed by atoms with van der Waals surface area (Å²) in [5.74, 6) is 1.04. The van der Waals surface area contributed by atoms with E-state index in [1.54, 1.807) is 12.1 Å². The molecule has 0 unspecified atom stereocenters. The maximum atomic E-state index is 6.34. The number of ether oxygens (including phenoxy) is 1. The number of benzene rings is 3. The first-order valence-corrected chi connectivity index (χ1v) is 8.85. The fourth-order valence-electron chi connectivity index (χ4n) is 2.67. The largest absolute Gasteiger partial charge is 0.472 e. The summed E-state index contributed by atoms with van der Waals surface area (Å²) in [6.45, 7) is 0.426. The van der Waals surface area contributed by atoms with Crippen molar-refractivity contribution in [2.24, 2.45) is 0 Å². The summed E-state index contributed by atoms with van der Waals surface area (Å²) in [7, 11) is 0. The fraction of sp³-hybridized carbons (Fsp3) is 0.0476. The molecule has 0 radical (unpaired) electrons. The third kappa shape index (κ3) is 3.50. The van der Waals surface area contributed by atoms with Crippen molar-refractivity contribution in [3.8, 4) is 17.3 Å². The number of aromatic nitrogens is 2. The molecule has 0 N–H and O–H groups in total. The molecule has 26 heavy (non-hydrogen) atoms. The van der Waals surface area contributed by atoms with Crippen molar-refractivity contribution >= 4 is 34.1 Å². The van der Waals surface area contributed by atoms with Crippen LogP contribution in [0.5, 0.6) is 5.88 Å². The molecule has 0 bridgehead atoms. The van der Waals surface area contributed by atoms with Gasteiger partial charge in [0.1, 0.15) is 6.61 Å². The zero-order valence-electron chi connectivity index (χ0n) is 13.7. The average Bonchev–Trinajstić information content (AvgIpc) is 2.67. The van der Waals surface area contributed by atoms with Crippen molar-refractivity contribution in [1.82, 2.24) is 9.97 Å². The highest BCUT2D eigenvalue weighted by molar-refractivity contribution is 6.36. The summed E-state index contributed by atoms with van der Waals surface area (Å²) in [6.07, 6.45) is 0. The smallest absolute Gasteiger partial charge is 0.225 e. The van der Waals surface area contributed by atoms with Crippen LogP contribution in [0.3, 0.4) is 0 Å². The molecular weight excluding hydrogens is 367 g/mol. The maximum absolute atomic E-state index is 6.34. The molecule has 4 rings (SSSR count). The Morgan fingerprint density at radius 2 is 1.58 bits per heavy atom. The lowest BCUT2D eigenvalue weighted by atomic mass is 10.2. The molecular formula is C21H14Cl2N2O. The Kier molecular flexibility index (Phi) is 4.74. The molecule has 0 amide bonds. The molecule has 3 aromatic carbocycles. The quantitative estimate of drug-likeness (QED) is 0.423. The first-order chi connectivity index (χ1) is 12.7. The first-order valence-electron chi connectivity index (χ1n) is 8.09. The van der Waals surface area contributed by atoms with Crippen LogP contribution in [0.2, 0.25) is 10.0 Å². The Hall–Kier alpha value is -2.62. The molecule has 0 atom stereocenters. The van der Waals surface area contributed by atoms with E-state index < -0.39 is 0 Å². The van der Waals surface area contributed by atoms with Gasteiger partial charge in [-0.1, -0.05) is 65.7 Å². The Morgan fingerprint density at radius 1 is 0.808 bits per heavy atom. The van der Waals surface area contributed by atoms with Crippen LogP contribution < -0.4 is 4.74 Å². The summed E-state index contributed by atoms with van der Waals surface area (Å²) in [4.78, 5) is 9.25. The summed E-state index contributed by atoms with van der Waals surface area (Å²) in [5, 5.41) is 1.93. The van der Waals surface area contributed by atoms with E-state index in [4.69, 9.17) is 27.9 Å². The van der Waals surface area contributed by atoms with Crippen LogP contribution in [0.15, 0.2) is 72.8 Å². The molecule has 1 heterocycles. The second kappa shape index (κ2) is 7.32. The van der Waals surface area contributed by atoms with Gasteiger partial charge in [-0.2, -0.15) is 4.98 Å². The molecule has 4 aromatic rings. The van der Waals surface area contributed by atoms with E-state index in [0.29, 0.717) is 33.9 Å².